The van der Waals surface area contributed by atoms with Gasteiger partial charge in [-0.15, -0.1) is 10.2 Å². The van der Waals surface area contributed by atoms with Crippen molar-refractivity contribution in [1.82, 2.24) is 25.4 Å². The van der Waals surface area contributed by atoms with Crippen LogP contribution in [0.15, 0.2) is 6.33 Å². The molecule has 106 valence electrons. The molecule has 0 spiro atoms. The van der Waals surface area contributed by atoms with Gasteiger partial charge in [0.2, 0.25) is 5.91 Å². The van der Waals surface area contributed by atoms with E-state index >= 15 is 0 Å². The average molecular weight is 265 g/mol. The lowest BCUT2D eigenvalue weighted by atomic mass is 9.95. The van der Waals surface area contributed by atoms with Crippen molar-refractivity contribution in [2.75, 3.05) is 6.54 Å². The molecule has 1 aromatic heterocycles. The third-order valence-corrected chi connectivity index (χ3v) is 3.58. The first-order valence-electron chi connectivity index (χ1n) is 7.16. The maximum Gasteiger partial charge on any atom is 0.234 e. The molecular weight excluding hydrogens is 242 g/mol. The highest BCUT2D eigenvalue weighted by Crippen LogP contribution is 2.17. The minimum Gasteiger partial charge on any atom is -0.352 e. The Morgan fingerprint density at radius 3 is 2.95 bits per heavy atom. The topological polar surface area (TPSA) is 71.8 Å². The van der Waals surface area contributed by atoms with Gasteiger partial charge in [-0.2, -0.15) is 0 Å². The normalized spacial score (nSPS) is 16.5. The molecule has 6 nitrogen and oxygen atoms in total. The van der Waals surface area contributed by atoms with E-state index in [1.54, 1.807) is 6.33 Å². The largest absolute Gasteiger partial charge is 0.352 e. The van der Waals surface area contributed by atoms with E-state index in [1.165, 1.54) is 19.3 Å². The second kappa shape index (κ2) is 7.23. The molecular formula is C13H23N5O. The maximum atomic E-state index is 11.8. The van der Waals surface area contributed by atoms with E-state index in [4.69, 9.17) is 0 Å². The summed E-state index contributed by atoms with van der Waals surface area (Å²) in [5.41, 5.74) is 0. The number of carbonyl (C=O) groups is 1. The Morgan fingerprint density at radius 1 is 1.42 bits per heavy atom. The lowest BCUT2D eigenvalue weighted by Gasteiger charge is -2.22. The summed E-state index contributed by atoms with van der Waals surface area (Å²) >= 11 is 0. The summed E-state index contributed by atoms with van der Waals surface area (Å²) < 4.78 is 1.96. The smallest absolute Gasteiger partial charge is 0.234 e. The van der Waals surface area contributed by atoms with Crippen molar-refractivity contribution in [2.45, 2.75) is 58.2 Å². The third-order valence-electron chi connectivity index (χ3n) is 3.58. The van der Waals surface area contributed by atoms with Crippen LogP contribution >= 0.6 is 0 Å². The number of hydrogen-bond donors (Lipinski definition) is 2. The summed E-state index contributed by atoms with van der Waals surface area (Å²) in [5, 5.41) is 14.1. The van der Waals surface area contributed by atoms with Gasteiger partial charge in [0.05, 0.1) is 13.1 Å². The van der Waals surface area contributed by atoms with Gasteiger partial charge < -0.3 is 15.2 Å². The first kappa shape index (κ1) is 14.0. The summed E-state index contributed by atoms with van der Waals surface area (Å²) in [4.78, 5) is 11.8. The van der Waals surface area contributed by atoms with Crippen LogP contribution in [0.3, 0.4) is 0 Å². The Labute approximate surface area is 114 Å². The van der Waals surface area contributed by atoms with Gasteiger partial charge in [0.1, 0.15) is 12.2 Å². The fraction of sp³-hybridized carbons (Fsp3) is 0.769. The number of nitrogens with zero attached hydrogens (tertiary/aromatic N) is 3. The van der Waals surface area contributed by atoms with Gasteiger partial charge in [-0.25, -0.2) is 0 Å². The predicted octanol–water partition coefficient (Wildman–Crippen LogP) is 0.836. The van der Waals surface area contributed by atoms with Gasteiger partial charge in [0.25, 0.3) is 0 Å². The van der Waals surface area contributed by atoms with Crippen LogP contribution < -0.4 is 10.6 Å². The van der Waals surface area contributed by atoms with Crippen LogP contribution in [0.4, 0.5) is 0 Å². The summed E-state index contributed by atoms with van der Waals surface area (Å²) in [5.74, 6) is 0.947. The zero-order valence-electron chi connectivity index (χ0n) is 11.6. The summed E-state index contributed by atoms with van der Waals surface area (Å²) in [6.07, 6.45) is 7.72. The van der Waals surface area contributed by atoms with Crippen molar-refractivity contribution in [3.63, 3.8) is 0 Å². The van der Waals surface area contributed by atoms with Crippen molar-refractivity contribution in [3.05, 3.63) is 12.2 Å². The lowest BCUT2D eigenvalue weighted by Crippen LogP contribution is -2.41. The maximum absolute atomic E-state index is 11.8. The van der Waals surface area contributed by atoms with Crippen LogP contribution in [0, 0.1) is 0 Å². The number of hydrogen-bond acceptors (Lipinski definition) is 4. The molecule has 1 heterocycles. The zero-order valence-corrected chi connectivity index (χ0v) is 11.6. The van der Waals surface area contributed by atoms with E-state index < -0.39 is 0 Å². The van der Waals surface area contributed by atoms with E-state index in [-0.39, 0.29) is 5.91 Å². The Balaban J connectivity index is 1.66. The number of aryl methyl sites for hydroxylation is 1. The molecule has 0 bridgehead atoms. The Kier molecular flexibility index (Phi) is 5.32. The molecule has 0 aliphatic heterocycles. The third kappa shape index (κ3) is 4.31. The van der Waals surface area contributed by atoms with Crippen molar-refractivity contribution < 1.29 is 4.79 Å². The molecule has 0 saturated heterocycles. The van der Waals surface area contributed by atoms with Gasteiger partial charge in [-0.3, -0.25) is 4.79 Å². The van der Waals surface area contributed by atoms with Crippen LogP contribution in [0.2, 0.25) is 0 Å². The Hall–Kier alpha value is -1.43. The minimum absolute atomic E-state index is 0.0782. The summed E-state index contributed by atoms with van der Waals surface area (Å²) in [6, 6.07) is 0.377. The van der Waals surface area contributed by atoms with Crippen LogP contribution in [0.25, 0.3) is 0 Å². The predicted molar refractivity (Wildman–Crippen MR) is 72.4 cm³/mol. The van der Waals surface area contributed by atoms with Crippen LogP contribution in [0.1, 0.15) is 44.9 Å². The van der Waals surface area contributed by atoms with Crippen molar-refractivity contribution in [3.8, 4) is 0 Å². The molecule has 0 aromatic carbocycles. The molecule has 6 heteroatoms. The first-order chi connectivity index (χ1) is 9.29. The van der Waals surface area contributed by atoms with E-state index in [9.17, 15) is 4.79 Å². The minimum atomic E-state index is 0.0782. The summed E-state index contributed by atoms with van der Waals surface area (Å²) in [6.45, 7) is 3.81. The zero-order chi connectivity index (χ0) is 13.5. The lowest BCUT2D eigenvalue weighted by molar-refractivity contribution is -0.121. The van der Waals surface area contributed by atoms with Gasteiger partial charge in [-0.1, -0.05) is 19.3 Å². The van der Waals surface area contributed by atoms with E-state index in [0.717, 1.165) is 25.2 Å². The van der Waals surface area contributed by atoms with Gasteiger partial charge in [-0.05, 0) is 19.8 Å². The van der Waals surface area contributed by atoms with Crippen molar-refractivity contribution >= 4 is 5.91 Å². The van der Waals surface area contributed by atoms with Crippen molar-refractivity contribution in [2.24, 2.45) is 0 Å². The standard InChI is InChI=1S/C13H23N5O/c1-2-18-10-15-17-12(18)8-14-9-13(19)16-11-6-4-3-5-7-11/h10-11,14H,2-9H2,1H3,(H,16,19). The molecule has 0 atom stereocenters. The average Bonchev–Trinajstić information content (AvgIpc) is 2.87. The molecule has 0 radical (unpaired) electrons. The van der Waals surface area contributed by atoms with Gasteiger partial charge in [0, 0.05) is 12.6 Å². The first-order valence-corrected chi connectivity index (χ1v) is 7.16. The fourth-order valence-electron chi connectivity index (χ4n) is 2.49. The molecule has 1 amide bonds. The second-order valence-electron chi connectivity index (χ2n) is 5.04. The second-order valence-corrected chi connectivity index (χ2v) is 5.04. The highest BCUT2D eigenvalue weighted by atomic mass is 16.1. The monoisotopic (exact) mass is 265 g/mol. The molecule has 1 aromatic rings. The number of carbonyl (C=O) groups excluding carboxylic acids is 1. The number of aromatic nitrogens is 3. The molecule has 1 fully saturated rings. The van der Waals surface area contributed by atoms with Crippen LogP contribution in [-0.4, -0.2) is 33.3 Å². The van der Waals surface area contributed by atoms with Crippen LogP contribution in [0.5, 0.6) is 0 Å². The number of nitrogens with one attached hydrogen (secondary N) is 2. The fourth-order valence-corrected chi connectivity index (χ4v) is 2.49. The molecule has 1 saturated carbocycles. The molecule has 1 aliphatic carbocycles. The van der Waals surface area contributed by atoms with Crippen LogP contribution in [-0.2, 0) is 17.9 Å². The van der Waals surface area contributed by atoms with Gasteiger partial charge in [0.15, 0.2) is 0 Å². The molecule has 1 aliphatic rings. The molecule has 19 heavy (non-hydrogen) atoms. The summed E-state index contributed by atoms with van der Waals surface area (Å²) in [7, 11) is 0. The van der Waals surface area contributed by atoms with E-state index in [1.807, 2.05) is 11.5 Å². The molecule has 2 rings (SSSR count). The SMILES string of the molecule is CCn1cnnc1CNCC(=O)NC1CCCCC1. The van der Waals surface area contributed by atoms with E-state index in [0.29, 0.717) is 19.1 Å². The van der Waals surface area contributed by atoms with E-state index in [2.05, 4.69) is 20.8 Å². The number of rotatable bonds is 6. The Morgan fingerprint density at radius 2 is 2.21 bits per heavy atom. The quantitative estimate of drug-likeness (QED) is 0.799. The molecule has 2 N–H and O–H groups in total. The molecule has 0 unspecified atom stereocenters. The van der Waals surface area contributed by atoms with Crippen molar-refractivity contribution in [1.29, 1.82) is 0 Å². The van der Waals surface area contributed by atoms with Gasteiger partial charge >= 0.3 is 0 Å². The highest BCUT2D eigenvalue weighted by molar-refractivity contribution is 5.78. The Bertz CT molecular complexity index is 397. The highest BCUT2D eigenvalue weighted by Gasteiger charge is 2.15. The number of amides is 1.